The molecular weight excluding hydrogens is 168 g/mol. The van der Waals surface area contributed by atoms with Crippen LogP contribution in [0.3, 0.4) is 0 Å². The lowest BCUT2D eigenvalue weighted by Gasteiger charge is -2.27. The quantitative estimate of drug-likeness (QED) is 0.468. The molecule has 2 rings (SSSR count). The summed E-state index contributed by atoms with van der Waals surface area (Å²) in [5.41, 5.74) is 4.83. The predicted octanol–water partition coefficient (Wildman–Crippen LogP) is -0.556. The highest BCUT2D eigenvalue weighted by Crippen LogP contribution is 2.42. The number of nitrogens with zero attached hydrogens (tertiary/aromatic N) is 1. The van der Waals surface area contributed by atoms with Gasteiger partial charge < -0.3 is 10.5 Å². The van der Waals surface area contributed by atoms with Crippen molar-refractivity contribution >= 4 is 12.2 Å². The van der Waals surface area contributed by atoms with E-state index in [1.54, 1.807) is 6.08 Å². The Balaban J connectivity index is 2.16. The fraction of sp³-hybridized carbons (Fsp3) is 0.556. The third kappa shape index (κ3) is 1.18. The molecule has 0 radical (unpaired) electrons. The van der Waals surface area contributed by atoms with Crippen LogP contribution in [0, 0.1) is 0 Å². The van der Waals surface area contributed by atoms with Gasteiger partial charge in [0, 0.05) is 6.54 Å². The van der Waals surface area contributed by atoms with Gasteiger partial charge in [0.2, 0.25) is 5.91 Å². The van der Waals surface area contributed by atoms with Crippen LogP contribution in [-0.4, -0.2) is 35.2 Å². The molecule has 1 fully saturated rings. The third-order valence-corrected chi connectivity index (χ3v) is 2.80. The molecule has 4 heteroatoms. The molecule has 1 atom stereocenters. The summed E-state index contributed by atoms with van der Waals surface area (Å²) in [4.78, 5) is 23.7. The standard InChI is InChI=1S/C9H12N2O2/c10-8(13)7-2-1-5-11(7)9(6-12)3-4-9/h1-2,6-7H,3-5H2,(H2,10,13). The molecule has 2 aliphatic rings. The maximum atomic E-state index is 11.0. The fourth-order valence-electron chi connectivity index (χ4n) is 1.83. The van der Waals surface area contributed by atoms with Crippen molar-refractivity contribution in [2.75, 3.05) is 6.54 Å². The second-order valence-corrected chi connectivity index (χ2v) is 3.65. The number of amides is 1. The first-order valence-electron chi connectivity index (χ1n) is 4.39. The van der Waals surface area contributed by atoms with Gasteiger partial charge in [-0.25, -0.2) is 0 Å². The molecule has 0 spiro atoms. The Kier molecular flexibility index (Phi) is 1.73. The van der Waals surface area contributed by atoms with Gasteiger partial charge in [0.1, 0.15) is 12.3 Å². The van der Waals surface area contributed by atoms with Crippen molar-refractivity contribution in [2.24, 2.45) is 5.73 Å². The number of aldehydes is 1. The molecule has 1 amide bonds. The highest BCUT2D eigenvalue weighted by atomic mass is 16.1. The van der Waals surface area contributed by atoms with E-state index in [1.165, 1.54) is 0 Å². The Morgan fingerprint density at radius 3 is 2.77 bits per heavy atom. The van der Waals surface area contributed by atoms with Crippen molar-refractivity contribution in [3.63, 3.8) is 0 Å². The van der Waals surface area contributed by atoms with E-state index < -0.39 is 0 Å². The zero-order valence-corrected chi connectivity index (χ0v) is 7.27. The minimum Gasteiger partial charge on any atom is -0.368 e. The highest BCUT2D eigenvalue weighted by molar-refractivity contribution is 5.84. The lowest BCUT2D eigenvalue weighted by Crippen LogP contribution is -2.48. The smallest absolute Gasteiger partial charge is 0.238 e. The summed E-state index contributed by atoms with van der Waals surface area (Å²) < 4.78 is 0. The minimum atomic E-state index is -0.386. The van der Waals surface area contributed by atoms with Crippen LogP contribution in [0.25, 0.3) is 0 Å². The largest absolute Gasteiger partial charge is 0.368 e. The van der Waals surface area contributed by atoms with Crippen LogP contribution >= 0.6 is 0 Å². The summed E-state index contributed by atoms with van der Waals surface area (Å²) in [6.45, 7) is 0.659. The number of rotatable bonds is 3. The monoisotopic (exact) mass is 180 g/mol. The van der Waals surface area contributed by atoms with Gasteiger partial charge in [-0.1, -0.05) is 12.2 Å². The average Bonchev–Trinajstić information content (AvgIpc) is 2.74. The van der Waals surface area contributed by atoms with E-state index in [2.05, 4.69) is 0 Å². The Bertz CT molecular complexity index is 281. The first kappa shape index (κ1) is 8.44. The van der Waals surface area contributed by atoms with E-state index in [4.69, 9.17) is 5.73 Å². The topological polar surface area (TPSA) is 63.4 Å². The summed E-state index contributed by atoms with van der Waals surface area (Å²) in [6.07, 6.45) is 6.30. The molecule has 4 nitrogen and oxygen atoms in total. The maximum absolute atomic E-state index is 11.0. The number of nitrogens with two attached hydrogens (primary N) is 1. The molecule has 2 N–H and O–H groups in total. The molecule has 0 bridgehead atoms. The Morgan fingerprint density at radius 2 is 2.31 bits per heavy atom. The molecule has 1 unspecified atom stereocenters. The van der Waals surface area contributed by atoms with Gasteiger partial charge in [-0.3, -0.25) is 9.69 Å². The second-order valence-electron chi connectivity index (χ2n) is 3.65. The first-order chi connectivity index (χ1) is 6.19. The van der Waals surface area contributed by atoms with Crippen LogP contribution in [0.2, 0.25) is 0 Å². The van der Waals surface area contributed by atoms with Crippen molar-refractivity contribution in [3.05, 3.63) is 12.2 Å². The number of carbonyl (C=O) groups is 2. The Hall–Kier alpha value is -1.16. The van der Waals surface area contributed by atoms with E-state index in [0.29, 0.717) is 6.54 Å². The maximum Gasteiger partial charge on any atom is 0.238 e. The number of primary amides is 1. The Morgan fingerprint density at radius 1 is 1.62 bits per heavy atom. The summed E-state index contributed by atoms with van der Waals surface area (Å²) in [7, 11) is 0. The van der Waals surface area contributed by atoms with Gasteiger partial charge in [-0.05, 0) is 12.8 Å². The summed E-state index contributed by atoms with van der Waals surface area (Å²) in [5, 5.41) is 0. The lowest BCUT2D eigenvalue weighted by atomic mass is 10.2. The summed E-state index contributed by atoms with van der Waals surface area (Å²) in [5.74, 6) is -0.373. The SMILES string of the molecule is NC(=O)C1C=CCN1C1(C=O)CC1. The van der Waals surface area contributed by atoms with Gasteiger partial charge in [-0.15, -0.1) is 0 Å². The van der Waals surface area contributed by atoms with Gasteiger partial charge >= 0.3 is 0 Å². The van der Waals surface area contributed by atoms with Gasteiger partial charge in [0.15, 0.2) is 0 Å². The number of carbonyl (C=O) groups excluding carboxylic acids is 2. The van der Waals surface area contributed by atoms with E-state index >= 15 is 0 Å². The van der Waals surface area contributed by atoms with Gasteiger partial charge in [0.05, 0.1) is 5.54 Å². The van der Waals surface area contributed by atoms with Crippen LogP contribution in [-0.2, 0) is 9.59 Å². The van der Waals surface area contributed by atoms with Crippen LogP contribution in [0.15, 0.2) is 12.2 Å². The van der Waals surface area contributed by atoms with E-state index in [0.717, 1.165) is 19.1 Å². The molecule has 1 saturated carbocycles. The Labute approximate surface area is 76.4 Å². The van der Waals surface area contributed by atoms with E-state index in [9.17, 15) is 9.59 Å². The molecule has 0 saturated heterocycles. The lowest BCUT2D eigenvalue weighted by molar-refractivity contribution is -0.123. The first-order valence-corrected chi connectivity index (χ1v) is 4.39. The molecular formula is C9H12N2O2. The second kappa shape index (κ2) is 2.67. The molecule has 70 valence electrons. The van der Waals surface area contributed by atoms with Crippen LogP contribution in [0.1, 0.15) is 12.8 Å². The number of hydrogen-bond acceptors (Lipinski definition) is 3. The van der Waals surface area contributed by atoms with Crippen molar-refractivity contribution < 1.29 is 9.59 Å². The normalized spacial score (nSPS) is 30.3. The number of hydrogen-bond donors (Lipinski definition) is 1. The fourth-order valence-corrected chi connectivity index (χ4v) is 1.83. The summed E-state index contributed by atoms with van der Waals surface area (Å²) >= 11 is 0. The minimum absolute atomic E-state index is 0.373. The molecule has 0 aromatic rings. The van der Waals surface area contributed by atoms with Crippen molar-refractivity contribution in [1.82, 2.24) is 4.90 Å². The average molecular weight is 180 g/mol. The van der Waals surface area contributed by atoms with Crippen LogP contribution < -0.4 is 5.73 Å². The molecule has 1 aliphatic carbocycles. The van der Waals surface area contributed by atoms with E-state index in [1.807, 2.05) is 11.0 Å². The van der Waals surface area contributed by atoms with E-state index in [-0.39, 0.29) is 17.5 Å². The molecule has 0 aromatic carbocycles. The van der Waals surface area contributed by atoms with Crippen molar-refractivity contribution in [2.45, 2.75) is 24.4 Å². The van der Waals surface area contributed by atoms with Crippen LogP contribution in [0.4, 0.5) is 0 Å². The molecule has 0 aromatic heterocycles. The molecule has 13 heavy (non-hydrogen) atoms. The van der Waals surface area contributed by atoms with Gasteiger partial charge in [0.25, 0.3) is 0 Å². The zero-order valence-electron chi connectivity index (χ0n) is 7.27. The van der Waals surface area contributed by atoms with Crippen molar-refractivity contribution in [1.29, 1.82) is 0 Å². The predicted molar refractivity (Wildman–Crippen MR) is 46.9 cm³/mol. The van der Waals surface area contributed by atoms with Gasteiger partial charge in [-0.2, -0.15) is 0 Å². The molecule has 1 heterocycles. The third-order valence-electron chi connectivity index (χ3n) is 2.80. The molecule has 1 aliphatic heterocycles. The highest BCUT2D eigenvalue weighted by Gasteiger charge is 2.51. The zero-order chi connectivity index (χ0) is 9.47. The van der Waals surface area contributed by atoms with Crippen LogP contribution in [0.5, 0.6) is 0 Å². The summed E-state index contributed by atoms with van der Waals surface area (Å²) in [6, 6.07) is -0.382. The van der Waals surface area contributed by atoms with Crippen molar-refractivity contribution in [3.8, 4) is 0 Å².